The van der Waals surface area contributed by atoms with E-state index >= 15 is 0 Å². The number of ether oxygens (including phenoxy) is 1. The Kier molecular flexibility index (Phi) is 10.8. The molecule has 1 N–H and O–H groups in total. The van der Waals surface area contributed by atoms with E-state index in [0.29, 0.717) is 6.61 Å². The van der Waals surface area contributed by atoms with Gasteiger partial charge < -0.3 is 9.84 Å². The van der Waals surface area contributed by atoms with Crippen molar-refractivity contribution in [2.75, 3.05) is 11.9 Å². The summed E-state index contributed by atoms with van der Waals surface area (Å²) in [5, 5.41) is 10.2. The molecule has 0 heterocycles. The van der Waals surface area contributed by atoms with E-state index in [1.807, 2.05) is 54.6 Å². The Morgan fingerprint density at radius 1 is 1.22 bits per heavy atom. The summed E-state index contributed by atoms with van der Waals surface area (Å²) in [6.45, 7) is 0.544. The predicted octanol–water partition coefficient (Wildman–Crippen LogP) is 4.09. The van der Waals surface area contributed by atoms with E-state index in [9.17, 15) is 5.11 Å². The molecule has 0 fully saturated rings. The van der Waals surface area contributed by atoms with E-state index < -0.39 is 0 Å². The van der Waals surface area contributed by atoms with Gasteiger partial charge in [0.15, 0.2) is 0 Å². The van der Waals surface area contributed by atoms with Crippen LogP contribution in [0.4, 0.5) is 0 Å². The van der Waals surface area contributed by atoms with Crippen molar-refractivity contribution in [3.05, 3.63) is 66.2 Å². The number of hydrogen-bond acceptors (Lipinski definition) is 2. The summed E-state index contributed by atoms with van der Waals surface area (Å²) < 4.78 is 5.07. The molecule has 0 atom stereocenters. The minimum atomic E-state index is 0. The molecule has 0 unspecified atom stereocenters. The van der Waals surface area contributed by atoms with Crippen LogP contribution in [0.5, 0.6) is 0 Å². The molecule has 100 valence electrons. The van der Waals surface area contributed by atoms with Crippen LogP contribution in [-0.2, 0) is 21.8 Å². The third-order valence-corrected chi connectivity index (χ3v) is 2.54. The van der Waals surface area contributed by atoms with Crippen molar-refractivity contribution in [2.45, 2.75) is 6.42 Å². The molecule has 1 aliphatic carbocycles. The van der Waals surface area contributed by atoms with Gasteiger partial charge in [0, 0.05) is 22.4 Å². The van der Waals surface area contributed by atoms with Crippen molar-refractivity contribution >= 4 is 15.9 Å². The van der Waals surface area contributed by atoms with E-state index in [4.69, 9.17) is 4.74 Å². The Morgan fingerprint density at radius 3 is 2.28 bits per heavy atom. The summed E-state index contributed by atoms with van der Waals surface area (Å²) in [5.41, 5.74) is 0.740. The zero-order valence-corrected chi connectivity index (χ0v) is 12.6. The number of allylic oxidation sites excluding steroid dienone is 5. The number of halogens is 1. The Balaban J connectivity index is 0.000000405. The number of aliphatic hydroxyl groups is 1. The molecule has 4 heteroatoms. The molecule has 0 amide bonds. The molecular formula is C14H16BrFeO2-. The third kappa shape index (κ3) is 7.49. The van der Waals surface area contributed by atoms with Crippen LogP contribution in [0.25, 0.3) is 0 Å². The zero-order chi connectivity index (χ0) is 12.3. The Labute approximate surface area is 127 Å². The molecule has 0 bridgehead atoms. The quantitative estimate of drug-likeness (QED) is 0.291. The molecule has 0 aliphatic heterocycles. The molecule has 1 aromatic rings. The molecular weight excluding hydrogens is 336 g/mol. The smallest absolute Gasteiger partial charge is 0.284 e. The van der Waals surface area contributed by atoms with Crippen LogP contribution in [0, 0.1) is 0 Å². The molecule has 2 nitrogen and oxygen atoms in total. The average Bonchev–Trinajstić information content (AvgIpc) is 3.05. The molecule has 18 heavy (non-hydrogen) atoms. The first-order valence-corrected chi connectivity index (χ1v) is 6.60. The Morgan fingerprint density at radius 2 is 1.83 bits per heavy atom. The van der Waals surface area contributed by atoms with Crippen LogP contribution in [0.1, 0.15) is 6.42 Å². The van der Waals surface area contributed by atoms with Crippen LogP contribution in [-0.4, -0.2) is 17.0 Å². The van der Waals surface area contributed by atoms with Crippen molar-refractivity contribution < 1.29 is 26.9 Å². The second-order valence-corrected chi connectivity index (χ2v) is 4.12. The molecule has 1 aliphatic rings. The van der Waals surface area contributed by atoms with Crippen molar-refractivity contribution in [3.63, 3.8) is 0 Å². The molecule has 1 aromatic carbocycles. The molecule has 0 radical (unpaired) electrons. The van der Waals surface area contributed by atoms with Crippen LogP contribution in [0.15, 0.2) is 66.2 Å². The maximum absolute atomic E-state index is 9.32. The fraction of sp³-hybridized carbons (Fsp3) is 0.214. The number of rotatable bonds is 4. The van der Waals surface area contributed by atoms with Gasteiger partial charge in [-0.15, -0.1) is 0 Å². The number of hydrogen-bond donors (Lipinski definition) is 1. The summed E-state index contributed by atoms with van der Waals surface area (Å²) in [7, 11) is 0. The zero-order valence-electron chi connectivity index (χ0n) is 9.90. The van der Waals surface area contributed by atoms with E-state index in [-0.39, 0.29) is 23.0 Å². The first-order valence-electron chi connectivity index (χ1n) is 5.48. The van der Waals surface area contributed by atoms with Crippen molar-refractivity contribution in [3.8, 4) is 0 Å². The van der Waals surface area contributed by atoms with Gasteiger partial charge in [0.25, 0.3) is 5.95 Å². The number of alkyl halides is 1. The summed E-state index contributed by atoms with van der Waals surface area (Å²) in [4.78, 5) is 0. The van der Waals surface area contributed by atoms with Gasteiger partial charge in [-0.3, -0.25) is 0 Å². The summed E-state index contributed by atoms with van der Waals surface area (Å²) in [6.07, 6.45) is 8.23. The van der Waals surface area contributed by atoms with Crippen LogP contribution < -0.4 is 0 Å². The third-order valence-electron chi connectivity index (χ3n) is 1.98. The van der Waals surface area contributed by atoms with E-state index in [2.05, 4.69) is 15.9 Å². The fourth-order valence-electron chi connectivity index (χ4n) is 1.14. The fourth-order valence-corrected chi connectivity index (χ4v) is 1.37. The van der Waals surface area contributed by atoms with Gasteiger partial charge in [0.2, 0.25) is 0 Å². The summed E-state index contributed by atoms with van der Waals surface area (Å²) in [6, 6.07) is 10.0. The molecule has 0 spiro atoms. The Bertz CT molecular complexity index is 349. The summed E-state index contributed by atoms with van der Waals surface area (Å²) >= 11 is 3.28. The van der Waals surface area contributed by atoms with E-state index in [1.54, 1.807) is 0 Å². The normalized spacial score (nSPS) is 11.5. The largest absolute Gasteiger partial charge is 0.481 e. The Hall–Kier alpha value is -0.831. The maximum atomic E-state index is 9.32. The maximum Gasteiger partial charge on any atom is 0.284 e. The first kappa shape index (κ1) is 17.2. The average molecular weight is 352 g/mol. The van der Waals surface area contributed by atoms with Gasteiger partial charge in [0.05, 0.1) is 12.2 Å². The van der Waals surface area contributed by atoms with Crippen molar-refractivity contribution in [2.24, 2.45) is 0 Å². The first-order chi connectivity index (χ1) is 8.34. The second kappa shape index (κ2) is 11.3. The van der Waals surface area contributed by atoms with Gasteiger partial charge in [-0.25, -0.2) is 12.1 Å². The van der Waals surface area contributed by atoms with Crippen LogP contribution in [0.2, 0.25) is 0 Å². The van der Waals surface area contributed by atoms with E-state index in [1.165, 1.54) is 0 Å². The van der Waals surface area contributed by atoms with Crippen LogP contribution >= 0.6 is 15.9 Å². The standard InChI is InChI=1S/C9H11BrO2.C5H5.Fe/c10-6-3-7-12-9(11)8-4-1-2-5-8;1-2-4-5-3-1;/h1-2,4-5,11H,3,6-7H2;1-5H;/q;-1;. The van der Waals surface area contributed by atoms with Gasteiger partial charge in [-0.05, 0) is 18.6 Å². The molecule has 0 saturated carbocycles. The van der Waals surface area contributed by atoms with Gasteiger partial charge in [-0.1, -0.05) is 28.1 Å². The molecule has 2 rings (SSSR count). The minimum absolute atomic E-state index is 0. The van der Waals surface area contributed by atoms with Gasteiger partial charge in [0.1, 0.15) is 0 Å². The van der Waals surface area contributed by atoms with Crippen molar-refractivity contribution in [1.29, 1.82) is 0 Å². The monoisotopic (exact) mass is 351 g/mol. The minimum Gasteiger partial charge on any atom is -0.481 e. The van der Waals surface area contributed by atoms with Gasteiger partial charge >= 0.3 is 0 Å². The second-order valence-electron chi connectivity index (χ2n) is 3.33. The van der Waals surface area contributed by atoms with Crippen LogP contribution in [0.3, 0.4) is 0 Å². The van der Waals surface area contributed by atoms with Crippen molar-refractivity contribution in [1.82, 2.24) is 0 Å². The summed E-state index contributed by atoms with van der Waals surface area (Å²) in [5.74, 6) is 0.0148. The molecule has 0 saturated heterocycles. The molecule has 0 aromatic heterocycles. The predicted molar refractivity (Wildman–Crippen MR) is 74.3 cm³/mol. The van der Waals surface area contributed by atoms with Gasteiger partial charge in [-0.2, -0.15) is 18.2 Å². The SMILES string of the molecule is OC(OCCCBr)=C1C=CC=C1.[Fe].c1cc[cH-]c1. The number of aliphatic hydroxyl groups excluding tert-OH is 1. The topological polar surface area (TPSA) is 29.5 Å². The van der Waals surface area contributed by atoms with E-state index in [0.717, 1.165) is 17.3 Å².